The molecule has 2 aliphatic rings. The average molecular weight is 307 g/mol. The molecule has 0 aromatic carbocycles. The molecule has 0 radical (unpaired) electrons. The summed E-state index contributed by atoms with van der Waals surface area (Å²) in [5, 5.41) is 4.41. The lowest BCUT2D eigenvalue weighted by atomic mass is 10.1. The number of hydrogen-bond donors (Lipinski definition) is 1. The van der Waals surface area contributed by atoms with Crippen LogP contribution in [0.25, 0.3) is 0 Å². The van der Waals surface area contributed by atoms with E-state index in [1.54, 1.807) is 11.3 Å². The van der Waals surface area contributed by atoms with Gasteiger partial charge in [0, 0.05) is 19.0 Å². The van der Waals surface area contributed by atoms with Crippen LogP contribution in [-0.4, -0.2) is 42.5 Å². The molecule has 116 valence electrons. The minimum absolute atomic E-state index is 0.202. The molecule has 1 saturated heterocycles. The zero-order valence-corrected chi connectivity index (χ0v) is 13.8. The van der Waals surface area contributed by atoms with Crippen molar-refractivity contribution in [2.75, 3.05) is 26.7 Å². The zero-order chi connectivity index (χ0) is 14.8. The fourth-order valence-corrected chi connectivity index (χ4v) is 4.78. The lowest BCUT2D eigenvalue weighted by Gasteiger charge is -2.15. The minimum Gasteiger partial charge on any atom is -0.338 e. The monoisotopic (exact) mass is 307 g/mol. The van der Waals surface area contributed by atoms with E-state index in [1.165, 1.54) is 30.7 Å². The quantitative estimate of drug-likeness (QED) is 0.930. The third kappa shape index (κ3) is 3.14. The fraction of sp³-hybridized carbons (Fsp3) is 0.750. The SMILES string of the molecule is CNC[C@H]1CCN(C(=O)c2sc(C3CCCC3)nc2C)C1. The third-order valence-electron chi connectivity index (χ3n) is 4.78. The summed E-state index contributed by atoms with van der Waals surface area (Å²) in [7, 11) is 1.98. The highest BCUT2D eigenvalue weighted by atomic mass is 32.1. The number of likely N-dealkylation sites (tertiary alicyclic amines) is 1. The van der Waals surface area contributed by atoms with E-state index in [-0.39, 0.29) is 5.91 Å². The van der Waals surface area contributed by atoms with Crippen LogP contribution in [0.1, 0.15) is 58.4 Å². The standard InChI is InChI=1S/C16H25N3OS/c1-11-14(21-15(18-11)13-5-3-4-6-13)16(20)19-8-7-12(10-19)9-17-2/h12-13,17H,3-10H2,1-2H3/t12-/m1/s1. The molecule has 1 atom stereocenters. The number of aryl methyl sites for hydroxylation is 1. The summed E-state index contributed by atoms with van der Waals surface area (Å²) in [5.74, 6) is 1.40. The normalized spacial score (nSPS) is 23.1. The first kappa shape index (κ1) is 15.0. The molecule has 4 nitrogen and oxygen atoms in total. The number of rotatable bonds is 4. The predicted molar refractivity (Wildman–Crippen MR) is 86.0 cm³/mol. The first-order valence-corrected chi connectivity index (χ1v) is 8.92. The van der Waals surface area contributed by atoms with Crippen LogP contribution in [0, 0.1) is 12.8 Å². The number of carbonyl (C=O) groups is 1. The highest BCUT2D eigenvalue weighted by molar-refractivity contribution is 7.13. The topological polar surface area (TPSA) is 45.2 Å². The summed E-state index contributed by atoms with van der Waals surface area (Å²) in [6.45, 7) is 4.76. The molecular formula is C16H25N3OS. The van der Waals surface area contributed by atoms with Gasteiger partial charge in [0.1, 0.15) is 4.88 Å². The molecule has 21 heavy (non-hydrogen) atoms. The van der Waals surface area contributed by atoms with Crippen LogP contribution >= 0.6 is 11.3 Å². The number of nitrogens with zero attached hydrogens (tertiary/aromatic N) is 2. The van der Waals surface area contributed by atoms with E-state index in [2.05, 4.69) is 5.32 Å². The number of carbonyl (C=O) groups excluding carboxylic acids is 1. The molecule has 0 spiro atoms. The molecule has 1 aromatic heterocycles. The molecule has 1 amide bonds. The Morgan fingerprint density at radius 2 is 2.14 bits per heavy atom. The van der Waals surface area contributed by atoms with Crippen molar-refractivity contribution in [2.24, 2.45) is 5.92 Å². The largest absolute Gasteiger partial charge is 0.338 e. The molecule has 3 rings (SSSR count). The Bertz CT molecular complexity index is 508. The van der Waals surface area contributed by atoms with Crippen molar-refractivity contribution in [1.29, 1.82) is 0 Å². The van der Waals surface area contributed by atoms with Crippen LogP contribution in [0.2, 0.25) is 0 Å². The Morgan fingerprint density at radius 1 is 1.38 bits per heavy atom. The third-order valence-corrected chi connectivity index (χ3v) is 6.09. The van der Waals surface area contributed by atoms with Crippen LogP contribution < -0.4 is 5.32 Å². The van der Waals surface area contributed by atoms with Gasteiger partial charge in [-0.1, -0.05) is 12.8 Å². The van der Waals surface area contributed by atoms with Crippen molar-refractivity contribution < 1.29 is 4.79 Å². The second-order valence-electron chi connectivity index (χ2n) is 6.41. The average Bonchev–Trinajstić information content (AvgIpc) is 3.17. The summed E-state index contributed by atoms with van der Waals surface area (Å²) in [5.41, 5.74) is 0.934. The summed E-state index contributed by atoms with van der Waals surface area (Å²) >= 11 is 1.65. The van der Waals surface area contributed by atoms with Gasteiger partial charge in [-0.3, -0.25) is 4.79 Å². The van der Waals surface area contributed by atoms with E-state index >= 15 is 0 Å². The predicted octanol–water partition coefficient (Wildman–Crippen LogP) is 2.79. The number of hydrogen-bond acceptors (Lipinski definition) is 4. The Hall–Kier alpha value is -0.940. The molecule has 1 aliphatic heterocycles. The first-order chi connectivity index (χ1) is 10.2. The maximum Gasteiger partial charge on any atom is 0.265 e. The van der Waals surface area contributed by atoms with Crippen molar-refractivity contribution in [1.82, 2.24) is 15.2 Å². The van der Waals surface area contributed by atoms with E-state index < -0.39 is 0 Å². The maximum atomic E-state index is 12.7. The summed E-state index contributed by atoms with van der Waals surface area (Å²) in [6, 6.07) is 0. The molecule has 0 bridgehead atoms. The van der Waals surface area contributed by atoms with E-state index in [9.17, 15) is 4.79 Å². The van der Waals surface area contributed by atoms with Crippen LogP contribution in [0.3, 0.4) is 0 Å². The fourth-order valence-electron chi connectivity index (χ4n) is 3.58. The van der Waals surface area contributed by atoms with Gasteiger partial charge in [-0.15, -0.1) is 11.3 Å². The van der Waals surface area contributed by atoms with Gasteiger partial charge in [0.05, 0.1) is 10.7 Å². The van der Waals surface area contributed by atoms with Gasteiger partial charge < -0.3 is 10.2 Å². The van der Waals surface area contributed by atoms with Crippen molar-refractivity contribution in [3.63, 3.8) is 0 Å². The molecule has 1 aromatic rings. The lowest BCUT2D eigenvalue weighted by Crippen LogP contribution is -2.30. The second kappa shape index (κ2) is 6.44. The summed E-state index contributed by atoms with van der Waals surface area (Å²) in [6.07, 6.45) is 6.22. The van der Waals surface area contributed by atoms with Gasteiger partial charge in [-0.2, -0.15) is 0 Å². The van der Waals surface area contributed by atoms with Crippen molar-refractivity contribution in [2.45, 2.75) is 44.9 Å². The molecule has 0 unspecified atom stereocenters. The van der Waals surface area contributed by atoms with E-state index in [1.807, 2.05) is 18.9 Å². The molecular weight excluding hydrogens is 282 g/mol. The molecule has 1 aliphatic carbocycles. The van der Waals surface area contributed by atoms with Gasteiger partial charge in [-0.05, 0) is 45.7 Å². The van der Waals surface area contributed by atoms with Gasteiger partial charge >= 0.3 is 0 Å². The van der Waals surface area contributed by atoms with Crippen LogP contribution in [0.4, 0.5) is 0 Å². The van der Waals surface area contributed by atoms with Gasteiger partial charge in [0.25, 0.3) is 5.91 Å². The summed E-state index contributed by atoms with van der Waals surface area (Å²) in [4.78, 5) is 20.3. The smallest absolute Gasteiger partial charge is 0.265 e. The number of amides is 1. The molecule has 5 heteroatoms. The molecule has 2 heterocycles. The Morgan fingerprint density at radius 3 is 2.86 bits per heavy atom. The van der Waals surface area contributed by atoms with Gasteiger partial charge in [0.2, 0.25) is 0 Å². The van der Waals surface area contributed by atoms with E-state index in [0.717, 1.165) is 36.6 Å². The Balaban J connectivity index is 1.70. The number of thiazole rings is 1. The molecule has 2 fully saturated rings. The minimum atomic E-state index is 0.202. The van der Waals surface area contributed by atoms with Crippen LogP contribution in [-0.2, 0) is 0 Å². The second-order valence-corrected chi connectivity index (χ2v) is 7.44. The lowest BCUT2D eigenvalue weighted by molar-refractivity contribution is 0.0791. The van der Waals surface area contributed by atoms with Crippen molar-refractivity contribution in [3.8, 4) is 0 Å². The van der Waals surface area contributed by atoms with Crippen molar-refractivity contribution >= 4 is 17.2 Å². The number of aromatic nitrogens is 1. The first-order valence-electron chi connectivity index (χ1n) is 8.10. The highest BCUT2D eigenvalue weighted by Crippen LogP contribution is 2.37. The molecule has 1 N–H and O–H groups in total. The van der Waals surface area contributed by atoms with E-state index in [4.69, 9.17) is 4.98 Å². The van der Waals surface area contributed by atoms with Crippen LogP contribution in [0.5, 0.6) is 0 Å². The highest BCUT2D eigenvalue weighted by Gasteiger charge is 2.30. The van der Waals surface area contributed by atoms with E-state index in [0.29, 0.717) is 11.8 Å². The zero-order valence-electron chi connectivity index (χ0n) is 13.0. The Kier molecular flexibility index (Phi) is 4.60. The Labute approximate surface area is 130 Å². The van der Waals surface area contributed by atoms with Crippen molar-refractivity contribution in [3.05, 3.63) is 15.6 Å². The molecule has 1 saturated carbocycles. The summed E-state index contributed by atoms with van der Waals surface area (Å²) < 4.78 is 0. The maximum absolute atomic E-state index is 12.7. The van der Waals surface area contributed by atoms with Gasteiger partial charge in [-0.25, -0.2) is 4.98 Å². The van der Waals surface area contributed by atoms with Crippen LogP contribution in [0.15, 0.2) is 0 Å². The number of nitrogens with one attached hydrogen (secondary N) is 1. The van der Waals surface area contributed by atoms with Gasteiger partial charge in [0.15, 0.2) is 0 Å².